The van der Waals surface area contributed by atoms with Gasteiger partial charge in [0.05, 0.1) is 5.56 Å². The van der Waals surface area contributed by atoms with Gasteiger partial charge >= 0.3 is 0 Å². The van der Waals surface area contributed by atoms with E-state index in [9.17, 15) is 14.0 Å². The number of hydrogen-bond donors (Lipinski definition) is 1. The fourth-order valence-electron chi connectivity index (χ4n) is 3.60. The van der Waals surface area contributed by atoms with Gasteiger partial charge in [-0.3, -0.25) is 9.59 Å². The van der Waals surface area contributed by atoms with Crippen LogP contribution in [-0.2, 0) is 17.6 Å². The van der Waals surface area contributed by atoms with Crippen LogP contribution >= 0.6 is 11.8 Å². The van der Waals surface area contributed by atoms with Crippen LogP contribution in [0.4, 0.5) is 10.2 Å². The Bertz CT molecular complexity index is 1250. The lowest BCUT2D eigenvalue weighted by Gasteiger charge is -2.27. The van der Waals surface area contributed by atoms with Gasteiger partial charge in [-0.2, -0.15) is 4.98 Å². The summed E-state index contributed by atoms with van der Waals surface area (Å²) in [5, 5.41) is 3.30. The first kappa shape index (κ1) is 21.7. The predicted octanol–water partition coefficient (Wildman–Crippen LogP) is 3.70. The number of nitrogens with one attached hydrogen (secondary N) is 1. The molecule has 0 bridgehead atoms. The summed E-state index contributed by atoms with van der Waals surface area (Å²) in [4.78, 5) is 29.7. The third-order valence-corrected chi connectivity index (χ3v) is 6.29. The third-order valence-electron chi connectivity index (χ3n) is 5.19. The third kappa shape index (κ3) is 4.53. The standard InChI is InChI=1S/C24H20FN3O3S/c1-3-12-31-18-10-6-16(7-11-18)19-13-20(29)26-22-21(19)23(30)27-24(28(22)2)32-14-15-4-8-17(25)9-5-15/h1,4-11,19H,12-14H2,2H3,(H,26,29). The Morgan fingerprint density at radius 2 is 1.94 bits per heavy atom. The van der Waals surface area contributed by atoms with Gasteiger partial charge in [0.15, 0.2) is 5.16 Å². The van der Waals surface area contributed by atoms with Crippen LogP contribution < -0.4 is 15.6 Å². The molecule has 1 amide bonds. The van der Waals surface area contributed by atoms with Gasteiger partial charge in [-0.15, -0.1) is 6.42 Å². The highest BCUT2D eigenvalue weighted by atomic mass is 32.2. The molecule has 162 valence electrons. The lowest BCUT2D eigenvalue weighted by atomic mass is 9.87. The minimum Gasteiger partial charge on any atom is -0.481 e. The van der Waals surface area contributed by atoms with E-state index in [4.69, 9.17) is 11.2 Å². The molecule has 8 heteroatoms. The SMILES string of the molecule is C#CCOc1ccc(C2CC(=O)Nc3c2c(=O)nc(SCc2ccc(F)cc2)n3C)cc1. The first-order valence-corrected chi connectivity index (χ1v) is 10.9. The second-order valence-electron chi connectivity index (χ2n) is 7.30. The molecule has 1 unspecified atom stereocenters. The van der Waals surface area contributed by atoms with E-state index in [2.05, 4.69) is 16.2 Å². The summed E-state index contributed by atoms with van der Waals surface area (Å²) in [6, 6.07) is 13.4. The number of amides is 1. The Labute approximate surface area is 188 Å². The Hall–Kier alpha value is -3.57. The molecule has 0 radical (unpaired) electrons. The molecule has 0 spiro atoms. The van der Waals surface area contributed by atoms with Crippen molar-refractivity contribution in [2.45, 2.75) is 23.2 Å². The molecule has 1 aliphatic heterocycles. The number of nitrogens with zero attached hydrogens (tertiary/aromatic N) is 2. The number of aromatic nitrogens is 2. The first-order chi connectivity index (χ1) is 15.5. The predicted molar refractivity (Wildman–Crippen MR) is 121 cm³/mol. The number of anilines is 1. The largest absolute Gasteiger partial charge is 0.481 e. The van der Waals surface area contributed by atoms with Crippen molar-refractivity contribution in [1.29, 1.82) is 0 Å². The topological polar surface area (TPSA) is 73.2 Å². The Kier molecular flexibility index (Phi) is 6.28. The number of rotatable bonds is 6. The average molecular weight is 450 g/mol. The van der Waals surface area contributed by atoms with Crippen LogP contribution in [0.25, 0.3) is 0 Å². The number of benzene rings is 2. The van der Waals surface area contributed by atoms with Crippen molar-refractivity contribution < 1.29 is 13.9 Å². The molecule has 1 aliphatic rings. The van der Waals surface area contributed by atoms with Gasteiger partial charge in [0.2, 0.25) is 5.91 Å². The molecule has 0 aliphatic carbocycles. The van der Waals surface area contributed by atoms with E-state index in [0.29, 0.717) is 28.0 Å². The lowest BCUT2D eigenvalue weighted by molar-refractivity contribution is -0.116. The summed E-state index contributed by atoms with van der Waals surface area (Å²) in [5.74, 6) is 3.09. The van der Waals surface area contributed by atoms with Gasteiger partial charge < -0.3 is 14.6 Å². The number of hydrogen-bond acceptors (Lipinski definition) is 5. The molecule has 1 atom stereocenters. The number of ether oxygens (including phenoxy) is 1. The molecule has 6 nitrogen and oxygen atoms in total. The van der Waals surface area contributed by atoms with Crippen molar-refractivity contribution in [2.24, 2.45) is 7.05 Å². The van der Waals surface area contributed by atoms with Crippen LogP contribution in [0.1, 0.15) is 29.0 Å². The summed E-state index contributed by atoms with van der Waals surface area (Å²) in [6.45, 7) is 0.164. The van der Waals surface area contributed by atoms with Gasteiger partial charge in [-0.25, -0.2) is 4.39 Å². The molecular formula is C24H20FN3O3S. The van der Waals surface area contributed by atoms with Crippen LogP contribution in [-0.4, -0.2) is 22.1 Å². The number of terminal acetylenes is 1. The van der Waals surface area contributed by atoms with E-state index < -0.39 is 5.92 Å². The fraction of sp³-hybridized carbons (Fsp3) is 0.208. The van der Waals surface area contributed by atoms with Crippen molar-refractivity contribution in [3.63, 3.8) is 0 Å². The second kappa shape index (κ2) is 9.28. The molecule has 2 heterocycles. The number of halogens is 1. The van der Waals surface area contributed by atoms with Crippen LogP contribution in [0.5, 0.6) is 5.75 Å². The Balaban J connectivity index is 1.64. The normalized spacial score (nSPS) is 14.9. The highest BCUT2D eigenvalue weighted by molar-refractivity contribution is 7.98. The molecule has 2 aromatic carbocycles. The molecule has 1 aromatic heterocycles. The van der Waals surface area contributed by atoms with Crippen molar-refractivity contribution in [2.75, 3.05) is 11.9 Å². The maximum atomic E-state index is 13.1. The van der Waals surface area contributed by atoms with E-state index in [1.807, 2.05) is 12.1 Å². The zero-order valence-corrected chi connectivity index (χ0v) is 18.1. The Morgan fingerprint density at radius 1 is 1.22 bits per heavy atom. The van der Waals surface area contributed by atoms with Crippen LogP contribution in [0.2, 0.25) is 0 Å². The van der Waals surface area contributed by atoms with E-state index in [1.54, 1.807) is 35.9 Å². The van der Waals surface area contributed by atoms with E-state index >= 15 is 0 Å². The summed E-state index contributed by atoms with van der Waals surface area (Å²) in [5.41, 5.74) is 1.80. The summed E-state index contributed by atoms with van der Waals surface area (Å²) in [6.07, 6.45) is 5.36. The molecule has 3 aromatic rings. The van der Waals surface area contributed by atoms with Crippen LogP contribution in [0.15, 0.2) is 58.5 Å². The lowest BCUT2D eigenvalue weighted by Crippen LogP contribution is -2.33. The summed E-state index contributed by atoms with van der Waals surface area (Å²) < 4.78 is 20.2. The highest BCUT2D eigenvalue weighted by Gasteiger charge is 2.32. The molecule has 1 N–H and O–H groups in total. The summed E-state index contributed by atoms with van der Waals surface area (Å²) >= 11 is 1.35. The number of carbonyl (C=O) groups is 1. The van der Waals surface area contributed by atoms with Gasteiger partial charge in [0.1, 0.15) is 24.0 Å². The maximum Gasteiger partial charge on any atom is 0.279 e. The minimum absolute atomic E-state index is 0.149. The molecular weight excluding hydrogens is 429 g/mol. The molecule has 4 rings (SSSR count). The second-order valence-corrected chi connectivity index (χ2v) is 8.25. The number of thioether (sulfide) groups is 1. The van der Waals surface area contributed by atoms with Crippen molar-refractivity contribution in [1.82, 2.24) is 9.55 Å². The van der Waals surface area contributed by atoms with Crippen molar-refractivity contribution in [3.8, 4) is 18.1 Å². The fourth-order valence-corrected chi connectivity index (χ4v) is 4.52. The van der Waals surface area contributed by atoms with Crippen LogP contribution in [0.3, 0.4) is 0 Å². The number of carbonyl (C=O) groups excluding carboxylic acids is 1. The van der Waals surface area contributed by atoms with E-state index in [1.165, 1.54) is 23.9 Å². The molecule has 0 fully saturated rings. The zero-order valence-electron chi connectivity index (χ0n) is 17.3. The van der Waals surface area contributed by atoms with Crippen molar-refractivity contribution >= 4 is 23.5 Å². The van der Waals surface area contributed by atoms with E-state index in [-0.39, 0.29) is 30.3 Å². The van der Waals surface area contributed by atoms with Gasteiger partial charge in [-0.05, 0) is 35.4 Å². The van der Waals surface area contributed by atoms with Crippen LogP contribution in [0, 0.1) is 18.2 Å². The maximum absolute atomic E-state index is 13.1. The van der Waals surface area contributed by atoms with Gasteiger partial charge in [0.25, 0.3) is 5.56 Å². The highest BCUT2D eigenvalue weighted by Crippen LogP contribution is 2.36. The van der Waals surface area contributed by atoms with Gasteiger partial charge in [0, 0.05) is 25.1 Å². The van der Waals surface area contributed by atoms with E-state index in [0.717, 1.165) is 11.1 Å². The molecule has 32 heavy (non-hydrogen) atoms. The first-order valence-electron chi connectivity index (χ1n) is 9.90. The average Bonchev–Trinajstić information content (AvgIpc) is 2.80. The molecule has 0 saturated carbocycles. The summed E-state index contributed by atoms with van der Waals surface area (Å²) in [7, 11) is 1.76. The number of fused-ring (bicyclic) bond motifs is 1. The smallest absolute Gasteiger partial charge is 0.279 e. The zero-order chi connectivity index (χ0) is 22.7. The minimum atomic E-state index is -0.414. The van der Waals surface area contributed by atoms with Crippen molar-refractivity contribution in [3.05, 3.63) is 81.4 Å². The monoisotopic (exact) mass is 449 g/mol. The van der Waals surface area contributed by atoms with Gasteiger partial charge in [-0.1, -0.05) is 41.9 Å². The Morgan fingerprint density at radius 3 is 2.62 bits per heavy atom. The quantitative estimate of drug-likeness (QED) is 0.353. The molecule has 0 saturated heterocycles.